The summed E-state index contributed by atoms with van der Waals surface area (Å²) < 4.78 is 5.76. The average molecular weight is 325 g/mol. The SMILES string of the molecule is C=C(C)COC(=O)c1cc(Br)cc(CC(=C)C)c1O. The van der Waals surface area contributed by atoms with Gasteiger partial charge in [-0.05, 0) is 43.5 Å². The summed E-state index contributed by atoms with van der Waals surface area (Å²) in [4.78, 5) is 11.9. The molecule has 0 aliphatic rings. The first-order chi connectivity index (χ1) is 8.81. The highest BCUT2D eigenvalue weighted by Gasteiger charge is 2.17. The zero-order chi connectivity index (χ0) is 14.6. The Hall–Kier alpha value is -1.55. The van der Waals surface area contributed by atoms with Crippen LogP contribution in [0.3, 0.4) is 0 Å². The van der Waals surface area contributed by atoms with Crippen LogP contribution < -0.4 is 0 Å². The van der Waals surface area contributed by atoms with Gasteiger partial charge in [-0.2, -0.15) is 0 Å². The molecule has 0 unspecified atom stereocenters. The summed E-state index contributed by atoms with van der Waals surface area (Å²) in [7, 11) is 0. The van der Waals surface area contributed by atoms with Crippen molar-refractivity contribution in [3.05, 3.63) is 52.0 Å². The molecule has 0 radical (unpaired) electrons. The fraction of sp³-hybridized carbons (Fsp3) is 0.267. The molecule has 0 heterocycles. The van der Waals surface area contributed by atoms with E-state index in [1.807, 2.05) is 6.92 Å². The summed E-state index contributed by atoms with van der Waals surface area (Å²) in [6.07, 6.45) is 0.506. The zero-order valence-corrected chi connectivity index (χ0v) is 12.7. The number of carbonyl (C=O) groups excluding carboxylic acids is 1. The molecule has 0 aromatic heterocycles. The van der Waals surface area contributed by atoms with Crippen LogP contribution in [0.2, 0.25) is 0 Å². The van der Waals surface area contributed by atoms with Crippen molar-refractivity contribution in [3.8, 4) is 5.75 Å². The van der Waals surface area contributed by atoms with Crippen LogP contribution in [0.4, 0.5) is 0 Å². The molecule has 1 aromatic carbocycles. The van der Waals surface area contributed by atoms with Crippen LogP contribution in [0, 0.1) is 0 Å². The highest BCUT2D eigenvalue weighted by molar-refractivity contribution is 9.10. The summed E-state index contributed by atoms with van der Waals surface area (Å²) in [5, 5.41) is 10.1. The first-order valence-corrected chi connectivity index (χ1v) is 6.57. The molecular weight excluding hydrogens is 308 g/mol. The van der Waals surface area contributed by atoms with Gasteiger partial charge in [0.25, 0.3) is 0 Å². The van der Waals surface area contributed by atoms with E-state index in [0.717, 1.165) is 11.1 Å². The van der Waals surface area contributed by atoms with Gasteiger partial charge >= 0.3 is 5.97 Å². The van der Waals surface area contributed by atoms with Crippen molar-refractivity contribution in [1.29, 1.82) is 0 Å². The Kier molecular flexibility index (Phi) is 5.36. The number of benzene rings is 1. The molecule has 0 amide bonds. The molecule has 0 fully saturated rings. The minimum absolute atomic E-state index is 0.0575. The van der Waals surface area contributed by atoms with E-state index in [1.54, 1.807) is 13.0 Å². The van der Waals surface area contributed by atoms with E-state index in [2.05, 4.69) is 29.1 Å². The summed E-state index contributed by atoms with van der Waals surface area (Å²) in [6.45, 7) is 11.2. The third-order valence-electron chi connectivity index (χ3n) is 2.32. The number of esters is 1. The van der Waals surface area contributed by atoms with E-state index in [4.69, 9.17) is 4.74 Å². The third-order valence-corrected chi connectivity index (χ3v) is 2.77. The highest BCUT2D eigenvalue weighted by Crippen LogP contribution is 2.29. The molecule has 102 valence electrons. The van der Waals surface area contributed by atoms with E-state index in [9.17, 15) is 9.90 Å². The summed E-state index contributed by atoms with van der Waals surface area (Å²) in [5.41, 5.74) is 2.43. The number of aromatic hydroxyl groups is 1. The molecule has 0 aliphatic carbocycles. The van der Waals surface area contributed by atoms with Crippen LogP contribution in [0.25, 0.3) is 0 Å². The molecule has 0 aliphatic heterocycles. The highest BCUT2D eigenvalue weighted by atomic mass is 79.9. The number of carbonyl (C=O) groups is 1. The number of hydrogen-bond donors (Lipinski definition) is 1. The van der Waals surface area contributed by atoms with E-state index < -0.39 is 5.97 Å². The second kappa shape index (κ2) is 6.57. The monoisotopic (exact) mass is 324 g/mol. The number of hydrogen-bond acceptors (Lipinski definition) is 3. The van der Waals surface area contributed by atoms with E-state index in [-0.39, 0.29) is 17.9 Å². The van der Waals surface area contributed by atoms with Gasteiger partial charge in [0.05, 0.1) is 0 Å². The van der Waals surface area contributed by atoms with Gasteiger partial charge in [-0.25, -0.2) is 4.79 Å². The topological polar surface area (TPSA) is 46.5 Å². The van der Waals surface area contributed by atoms with Crippen molar-refractivity contribution >= 4 is 21.9 Å². The van der Waals surface area contributed by atoms with Crippen LogP contribution in [0.1, 0.15) is 29.8 Å². The molecule has 0 saturated heterocycles. The number of allylic oxidation sites excluding steroid dienone is 1. The lowest BCUT2D eigenvalue weighted by Crippen LogP contribution is -2.08. The van der Waals surface area contributed by atoms with Gasteiger partial charge < -0.3 is 9.84 Å². The van der Waals surface area contributed by atoms with Crippen molar-refractivity contribution in [2.45, 2.75) is 20.3 Å². The largest absolute Gasteiger partial charge is 0.507 e. The van der Waals surface area contributed by atoms with Crippen LogP contribution in [0.5, 0.6) is 5.75 Å². The lowest BCUT2D eigenvalue weighted by Gasteiger charge is -2.11. The standard InChI is InChI=1S/C15H17BrO3/c1-9(2)5-11-6-12(16)7-13(14(11)17)15(18)19-8-10(3)4/h6-7,17H,1,3,5,8H2,2,4H3. The van der Waals surface area contributed by atoms with Crippen LogP contribution in [-0.2, 0) is 11.2 Å². The molecule has 0 bridgehead atoms. The predicted octanol–water partition coefficient (Wildman–Crippen LogP) is 4.01. The fourth-order valence-corrected chi connectivity index (χ4v) is 2.04. The summed E-state index contributed by atoms with van der Waals surface area (Å²) in [5.74, 6) is -0.623. The van der Waals surface area contributed by atoms with Crippen molar-refractivity contribution in [1.82, 2.24) is 0 Å². The molecule has 1 rings (SSSR count). The van der Waals surface area contributed by atoms with Crippen molar-refractivity contribution in [2.75, 3.05) is 6.61 Å². The maximum atomic E-state index is 11.9. The van der Waals surface area contributed by atoms with Crippen LogP contribution in [0.15, 0.2) is 40.9 Å². The van der Waals surface area contributed by atoms with Crippen LogP contribution in [-0.4, -0.2) is 17.7 Å². The van der Waals surface area contributed by atoms with Crippen LogP contribution >= 0.6 is 15.9 Å². The number of halogens is 1. The smallest absolute Gasteiger partial charge is 0.342 e. The fourth-order valence-electron chi connectivity index (χ4n) is 1.54. The number of rotatable bonds is 5. The van der Waals surface area contributed by atoms with Gasteiger partial charge in [0, 0.05) is 4.47 Å². The Bertz CT molecular complexity index is 532. The zero-order valence-electron chi connectivity index (χ0n) is 11.1. The lowest BCUT2D eigenvalue weighted by atomic mass is 10.0. The molecule has 19 heavy (non-hydrogen) atoms. The van der Waals surface area contributed by atoms with Gasteiger partial charge in [-0.1, -0.05) is 34.7 Å². The predicted molar refractivity (Wildman–Crippen MR) is 79.4 cm³/mol. The maximum Gasteiger partial charge on any atom is 0.342 e. The first kappa shape index (κ1) is 15.5. The Morgan fingerprint density at radius 2 is 1.95 bits per heavy atom. The maximum absolute atomic E-state index is 11.9. The molecule has 4 heteroatoms. The molecule has 3 nitrogen and oxygen atoms in total. The van der Waals surface area contributed by atoms with Gasteiger partial charge in [0.2, 0.25) is 0 Å². The first-order valence-electron chi connectivity index (χ1n) is 5.78. The summed E-state index contributed by atoms with van der Waals surface area (Å²) in [6, 6.07) is 3.30. The molecular formula is C15H17BrO3. The second-order valence-electron chi connectivity index (χ2n) is 4.63. The second-order valence-corrected chi connectivity index (χ2v) is 5.54. The molecule has 0 spiro atoms. The molecule has 0 atom stereocenters. The van der Waals surface area contributed by atoms with Gasteiger partial charge in [-0.3, -0.25) is 0 Å². The lowest BCUT2D eigenvalue weighted by molar-refractivity contribution is 0.0537. The Morgan fingerprint density at radius 3 is 2.47 bits per heavy atom. The van der Waals surface area contributed by atoms with E-state index in [1.165, 1.54) is 6.07 Å². The molecule has 1 aromatic rings. The van der Waals surface area contributed by atoms with E-state index >= 15 is 0 Å². The summed E-state index contributed by atoms with van der Waals surface area (Å²) >= 11 is 3.32. The van der Waals surface area contributed by atoms with Gasteiger partial charge in [-0.15, -0.1) is 0 Å². The van der Waals surface area contributed by atoms with Gasteiger partial charge in [0.15, 0.2) is 0 Å². The number of phenols is 1. The minimum Gasteiger partial charge on any atom is -0.507 e. The Balaban J connectivity index is 3.06. The average Bonchev–Trinajstić information content (AvgIpc) is 2.29. The van der Waals surface area contributed by atoms with Crippen molar-refractivity contribution in [3.63, 3.8) is 0 Å². The van der Waals surface area contributed by atoms with Gasteiger partial charge in [0.1, 0.15) is 17.9 Å². The third kappa shape index (κ3) is 4.56. The normalized spacial score (nSPS) is 10.1. The molecule has 1 N–H and O–H groups in total. The minimum atomic E-state index is -0.565. The molecule has 0 saturated carbocycles. The number of phenolic OH excluding ortho intramolecular Hbond substituents is 1. The quantitative estimate of drug-likeness (QED) is 0.657. The van der Waals surface area contributed by atoms with Crippen molar-refractivity contribution < 1.29 is 14.6 Å². The number of ether oxygens (including phenoxy) is 1. The Morgan fingerprint density at radius 1 is 1.32 bits per heavy atom. The van der Waals surface area contributed by atoms with Crippen molar-refractivity contribution in [2.24, 2.45) is 0 Å². The van der Waals surface area contributed by atoms with E-state index in [0.29, 0.717) is 16.5 Å². The Labute approximate surface area is 121 Å².